The zero-order valence-corrected chi connectivity index (χ0v) is 16.0. The summed E-state index contributed by atoms with van der Waals surface area (Å²) in [4.78, 5) is 29.0. The molecule has 1 saturated heterocycles. The van der Waals surface area contributed by atoms with Gasteiger partial charge in [-0.3, -0.25) is 14.3 Å². The third-order valence-electron chi connectivity index (χ3n) is 5.64. The molecule has 150 valence electrons. The highest BCUT2D eigenvalue weighted by Crippen LogP contribution is 2.13. The summed E-state index contributed by atoms with van der Waals surface area (Å²) < 4.78 is 17.3. The van der Waals surface area contributed by atoms with Gasteiger partial charge in [0.25, 0.3) is 5.91 Å². The first-order valence-corrected chi connectivity index (χ1v) is 10.1. The van der Waals surface area contributed by atoms with Crippen LogP contribution in [0, 0.1) is 5.82 Å². The summed E-state index contributed by atoms with van der Waals surface area (Å²) in [5.74, 6) is 0.170. The molecule has 0 atom stereocenters. The van der Waals surface area contributed by atoms with Gasteiger partial charge in [-0.25, -0.2) is 13.9 Å². The molecule has 0 saturated carbocycles. The van der Waals surface area contributed by atoms with Crippen LogP contribution in [-0.2, 0) is 19.5 Å². The standard InChI is InChI=1S/C20H26FN5O2/c21-17-7-2-1-6-16(17)19(27)24-10-5-9-23(12-14-24)13-15-26-20(28)25-11-4-3-8-18(25)22-26/h1-2,6-7H,3-5,8-15H2. The van der Waals surface area contributed by atoms with Gasteiger partial charge in [-0.05, 0) is 37.9 Å². The lowest BCUT2D eigenvalue weighted by Crippen LogP contribution is -2.37. The van der Waals surface area contributed by atoms with E-state index in [2.05, 4.69) is 10.00 Å². The highest BCUT2D eigenvalue weighted by Gasteiger charge is 2.23. The van der Waals surface area contributed by atoms with E-state index in [1.165, 1.54) is 12.1 Å². The molecular formula is C20H26FN5O2. The average molecular weight is 387 g/mol. The largest absolute Gasteiger partial charge is 0.345 e. The second-order valence-corrected chi connectivity index (χ2v) is 7.50. The molecule has 2 aromatic rings. The Bertz CT molecular complexity index is 906. The number of halogens is 1. The van der Waals surface area contributed by atoms with E-state index < -0.39 is 5.82 Å². The van der Waals surface area contributed by atoms with Gasteiger partial charge in [-0.15, -0.1) is 0 Å². The number of aromatic nitrogens is 3. The molecule has 0 bridgehead atoms. The second kappa shape index (κ2) is 8.26. The van der Waals surface area contributed by atoms with E-state index in [-0.39, 0.29) is 17.2 Å². The fourth-order valence-corrected chi connectivity index (χ4v) is 4.03. The van der Waals surface area contributed by atoms with Gasteiger partial charge in [0.05, 0.1) is 12.1 Å². The summed E-state index contributed by atoms with van der Waals surface area (Å²) in [6.07, 6.45) is 3.83. The first kappa shape index (κ1) is 18.9. The van der Waals surface area contributed by atoms with Crippen molar-refractivity contribution >= 4 is 5.91 Å². The first-order valence-electron chi connectivity index (χ1n) is 10.1. The summed E-state index contributed by atoms with van der Waals surface area (Å²) in [6, 6.07) is 6.13. The minimum absolute atomic E-state index is 0.0131. The van der Waals surface area contributed by atoms with E-state index in [1.807, 2.05) is 0 Å². The molecule has 2 aliphatic heterocycles. The van der Waals surface area contributed by atoms with Crippen LogP contribution in [0.4, 0.5) is 4.39 Å². The average Bonchev–Trinajstić information content (AvgIpc) is 2.88. The highest BCUT2D eigenvalue weighted by molar-refractivity contribution is 5.94. The van der Waals surface area contributed by atoms with Gasteiger partial charge in [0, 0.05) is 39.1 Å². The van der Waals surface area contributed by atoms with Crippen molar-refractivity contribution in [2.24, 2.45) is 0 Å². The number of nitrogens with zero attached hydrogens (tertiary/aromatic N) is 5. The third kappa shape index (κ3) is 3.87. The van der Waals surface area contributed by atoms with Crippen molar-refractivity contribution < 1.29 is 9.18 Å². The highest BCUT2D eigenvalue weighted by atomic mass is 19.1. The summed E-state index contributed by atoms with van der Waals surface area (Å²) in [5.41, 5.74) is 0.118. The molecule has 3 heterocycles. The van der Waals surface area contributed by atoms with E-state index in [4.69, 9.17) is 0 Å². The van der Waals surface area contributed by atoms with Crippen molar-refractivity contribution in [1.82, 2.24) is 24.1 Å². The van der Waals surface area contributed by atoms with Crippen LogP contribution >= 0.6 is 0 Å². The quantitative estimate of drug-likeness (QED) is 0.795. The van der Waals surface area contributed by atoms with Crippen LogP contribution in [0.25, 0.3) is 0 Å². The minimum atomic E-state index is -0.475. The number of amides is 1. The number of benzene rings is 1. The van der Waals surface area contributed by atoms with Gasteiger partial charge in [0.1, 0.15) is 11.6 Å². The first-order chi connectivity index (χ1) is 13.6. The number of hydrogen-bond donors (Lipinski definition) is 0. The number of carbonyl (C=O) groups excluding carboxylic acids is 1. The topological polar surface area (TPSA) is 63.4 Å². The molecule has 0 spiro atoms. The number of rotatable bonds is 4. The molecule has 0 N–H and O–H groups in total. The van der Waals surface area contributed by atoms with E-state index in [0.717, 1.165) is 51.1 Å². The Hall–Kier alpha value is -2.48. The van der Waals surface area contributed by atoms with Gasteiger partial charge in [0.2, 0.25) is 0 Å². The lowest BCUT2D eigenvalue weighted by atomic mass is 10.2. The molecule has 0 unspecified atom stereocenters. The Balaban J connectivity index is 1.35. The third-order valence-corrected chi connectivity index (χ3v) is 5.64. The molecule has 1 aromatic heterocycles. The van der Waals surface area contributed by atoms with Crippen molar-refractivity contribution in [3.05, 3.63) is 52.0 Å². The van der Waals surface area contributed by atoms with E-state index in [0.29, 0.717) is 26.2 Å². The van der Waals surface area contributed by atoms with Crippen LogP contribution in [0.15, 0.2) is 29.1 Å². The summed E-state index contributed by atoms with van der Waals surface area (Å²) >= 11 is 0. The van der Waals surface area contributed by atoms with Crippen molar-refractivity contribution in [2.45, 2.75) is 38.8 Å². The zero-order valence-electron chi connectivity index (χ0n) is 16.0. The summed E-state index contributed by atoms with van der Waals surface area (Å²) in [5, 5.41) is 4.48. The maximum absolute atomic E-state index is 13.9. The Morgan fingerprint density at radius 3 is 2.68 bits per heavy atom. The lowest BCUT2D eigenvalue weighted by Gasteiger charge is -2.22. The van der Waals surface area contributed by atoms with Gasteiger partial charge < -0.3 is 4.90 Å². The molecule has 1 fully saturated rings. The maximum atomic E-state index is 13.9. The number of carbonyl (C=O) groups is 1. The van der Waals surface area contributed by atoms with Crippen LogP contribution in [0.1, 0.15) is 35.4 Å². The van der Waals surface area contributed by atoms with Gasteiger partial charge in [0.15, 0.2) is 0 Å². The monoisotopic (exact) mass is 387 g/mol. The SMILES string of the molecule is O=C(c1ccccc1F)N1CCCN(CCn2nc3n(c2=O)CCCC3)CC1. The van der Waals surface area contributed by atoms with Crippen molar-refractivity contribution in [1.29, 1.82) is 0 Å². The minimum Gasteiger partial charge on any atom is -0.337 e. The maximum Gasteiger partial charge on any atom is 0.345 e. The molecule has 7 nitrogen and oxygen atoms in total. The van der Waals surface area contributed by atoms with E-state index in [1.54, 1.807) is 26.3 Å². The molecule has 2 aliphatic rings. The fourth-order valence-electron chi connectivity index (χ4n) is 4.03. The summed E-state index contributed by atoms with van der Waals surface area (Å²) in [7, 11) is 0. The molecule has 1 aromatic carbocycles. The molecule has 1 amide bonds. The molecule has 8 heteroatoms. The predicted octanol–water partition coefficient (Wildman–Crippen LogP) is 1.37. The number of fused-ring (bicyclic) bond motifs is 1. The molecule has 4 rings (SSSR count). The van der Waals surface area contributed by atoms with Crippen molar-refractivity contribution in [3.63, 3.8) is 0 Å². The number of hydrogen-bond acceptors (Lipinski definition) is 4. The van der Waals surface area contributed by atoms with Crippen LogP contribution in [0.3, 0.4) is 0 Å². The van der Waals surface area contributed by atoms with E-state index >= 15 is 0 Å². The van der Waals surface area contributed by atoms with Crippen molar-refractivity contribution in [3.8, 4) is 0 Å². The second-order valence-electron chi connectivity index (χ2n) is 7.50. The Labute approximate surface area is 163 Å². The van der Waals surface area contributed by atoms with Crippen LogP contribution in [-0.4, -0.2) is 62.8 Å². The molecule has 28 heavy (non-hydrogen) atoms. The van der Waals surface area contributed by atoms with Gasteiger partial charge in [-0.2, -0.15) is 5.10 Å². The zero-order chi connectivity index (χ0) is 19.5. The molecule has 0 aliphatic carbocycles. The summed E-state index contributed by atoms with van der Waals surface area (Å²) in [6.45, 7) is 4.78. The van der Waals surface area contributed by atoms with Crippen LogP contribution < -0.4 is 5.69 Å². The Morgan fingerprint density at radius 2 is 1.86 bits per heavy atom. The normalized spacial score (nSPS) is 18.0. The van der Waals surface area contributed by atoms with Crippen molar-refractivity contribution in [2.75, 3.05) is 32.7 Å². The predicted molar refractivity (Wildman–Crippen MR) is 103 cm³/mol. The Morgan fingerprint density at radius 1 is 1.00 bits per heavy atom. The fraction of sp³-hybridized carbons (Fsp3) is 0.550. The molecular weight excluding hydrogens is 361 g/mol. The van der Waals surface area contributed by atoms with Crippen LogP contribution in [0.2, 0.25) is 0 Å². The Kier molecular flexibility index (Phi) is 5.57. The lowest BCUT2D eigenvalue weighted by molar-refractivity contribution is 0.0756. The smallest absolute Gasteiger partial charge is 0.337 e. The molecule has 0 radical (unpaired) electrons. The van der Waals surface area contributed by atoms with E-state index in [9.17, 15) is 14.0 Å². The van der Waals surface area contributed by atoms with Gasteiger partial charge in [-0.1, -0.05) is 12.1 Å². The van der Waals surface area contributed by atoms with Crippen LogP contribution in [0.5, 0.6) is 0 Å². The number of aryl methyl sites for hydroxylation is 1. The van der Waals surface area contributed by atoms with Gasteiger partial charge >= 0.3 is 5.69 Å².